The van der Waals surface area contributed by atoms with E-state index in [-0.39, 0.29) is 0 Å². The van der Waals surface area contributed by atoms with Gasteiger partial charge in [0.2, 0.25) is 0 Å². The second kappa shape index (κ2) is 15.6. The van der Waals surface area contributed by atoms with Crippen molar-refractivity contribution in [2.45, 2.75) is 12.8 Å². The van der Waals surface area contributed by atoms with Gasteiger partial charge in [-0.1, -0.05) is 170 Å². The van der Waals surface area contributed by atoms with Crippen molar-refractivity contribution < 1.29 is 0 Å². The lowest BCUT2D eigenvalue weighted by Crippen LogP contribution is -2.03. The van der Waals surface area contributed by atoms with E-state index in [0.29, 0.717) is 0 Å². The van der Waals surface area contributed by atoms with Crippen molar-refractivity contribution in [3.8, 4) is 61.8 Å². The minimum absolute atomic E-state index is 0.891. The smallest absolute Gasteiger partial charge is 0.138 e. The summed E-state index contributed by atoms with van der Waals surface area (Å²) < 4.78 is 7.46. The van der Waals surface area contributed by atoms with Crippen LogP contribution in [0.1, 0.15) is 11.1 Å². The number of rotatable bonds is 7. The lowest BCUT2D eigenvalue weighted by atomic mass is 9.90. The molecule has 15 rings (SSSR count). The Morgan fingerprint density at radius 1 is 0.268 bits per heavy atom. The molecule has 0 atom stereocenters. The van der Waals surface area contributed by atoms with E-state index in [1.807, 2.05) is 0 Å². The Labute approximate surface area is 410 Å². The lowest BCUT2D eigenvalue weighted by Gasteiger charge is -2.18. The zero-order valence-electron chi connectivity index (χ0n) is 38.8. The molecule has 0 fully saturated rings. The van der Waals surface area contributed by atoms with Crippen molar-refractivity contribution in [2.24, 2.45) is 0 Å². The van der Waals surface area contributed by atoms with Gasteiger partial charge in [0.05, 0.1) is 38.8 Å². The highest BCUT2D eigenvalue weighted by Gasteiger charge is 2.27. The van der Waals surface area contributed by atoms with Gasteiger partial charge in [-0.25, -0.2) is 4.98 Å². The van der Waals surface area contributed by atoms with Gasteiger partial charge >= 0.3 is 0 Å². The summed E-state index contributed by atoms with van der Waals surface area (Å²) in [5.74, 6) is 0.891. The fraction of sp³-hybridized carbons (Fsp3) is 0.0299. The zero-order valence-corrected chi connectivity index (χ0v) is 38.8. The molecule has 0 N–H and O–H groups in total. The highest BCUT2D eigenvalue weighted by atomic mass is 15.1. The van der Waals surface area contributed by atoms with Crippen LogP contribution >= 0.6 is 0 Å². The van der Waals surface area contributed by atoms with E-state index < -0.39 is 0 Å². The molecule has 1 aliphatic carbocycles. The van der Waals surface area contributed by atoms with Crippen LogP contribution in [-0.2, 0) is 12.8 Å². The Morgan fingerprint density at radius 3 is 1.15 bits per heavy atom. The average Bonchev–Trinajstić information content (AvgIpc) is 4.08. The number of nitrogens with zero attached hydrogens (tertiary/aromatic N) is 4. The Kier molecular flexibility index (Phi) is 8.75. The molecule has 1 aliphatic rings. The maximum absolute atomic E-state index is 5.66. The molecule has 0 bridgehead atoms. The summed E-state index contributed by atoms with van der Waals surface area (Å²) in [6, 6.07) is 88.9. The third kappa shape index (κ3) is 6.21. The van der Waals surface area contributed by atoms with Crippen molar-refractivity contribution in [2.75, 3.05) is 0 Å². The normalized spacial score (nSPS) is 12.4. The topological polar surface area (TPSA) is 27.7 Å². The first-order chi connectivity index (χ1) is 35.2. The standard InChI is InChI=1S/C67H44N4/c1-5-17-43(18-6-1)47-31-33-61-56(37-47)54-25-13-15-27-59(54)69(61)52-35-49-29-30-50-36-53(70-60-28-16-14-26-55(60)57-38-48(32-34-62(57)70)44-19-7-2-8-20-44)42-64-67(50)66(49)63(41-52)71(64)65-40-51(45-21-9-3-10-22-45)39-58(68-65)46-23-11-4-12-24-46/h1-28,31-42H,29-30H2. The van der Waals surface area contributed by atoms with Gasteiger partial charge in [0.1, 0.15) is 5.82 Å². The first-order valence-corrected chi connectivity index (χ1v) is 24.7. The second-order valence-corrected chi connectivity index (χ2v) is 19.1. The summed E-state index contributed by atoms with van der Waals surface area (Å²) in [6.45, 7) is 0. The molecule has 4 heterocycles. The maximum atomic E-state index is 5.66. The number of aromatic nitrogens is 4. The summed E-state index contributed by atoms with van der Waals surface area (Å²) in [7, 11) is 0. The van der Waals surface area contributed by atoms with Gasteiger partial charge in [-0.2, -0.15) is 0 Å². The van der Waals surface area contributed by atoms with E-state index in [1.165, 1.54) is 87.8 Å². The van der Waals surface area contributed by atoms with Crippen LogP contribution in [0.5, 0.6) is 0 Å². The van der Waals surface area contributed by atoms with Gasteiger partial charge in [-0.15, -0.1) is 0 Å². The minimum Gasteiger partial charge on any atom is -0.309 e. The molecular weight excluding hydrogens is 861 g/mol. The zero-order chi connectivity index (χ0) is 46.6. The van der Waals surface area contributed by atoms with Crippen molar-refractivity contribution in [1.29, 1.82) is 0 Å². The molecule has 0 amide bonds. The summed E-state index contributed by atoms with van der Waals surface area (Å²) >= 11 is 0. The third-order valence-electron chi connectivity index (χ3n) is 15.1. The molecule has 4 heteroatoms. The van der Waals surface area contributed by atoms with Gasteiger partial charge in [-0.05, 0) is 130 Å². The molecule has 4 aromatic heterocycles. The van der Waals surface area contributed by atoms with Crippen LogP contribution in [0.15, 0.2) is 243 Å². The third-order valence-corrected chi connectivity index (χ3v) is 15.1. The number of aryl methyl sites for hydroxylation is 2. The van der Waals surface area contributed by atoms with Crippen molar-refractivity contribution >= 4 is 65.4 Å². The Hall–Kier alpha value is -9.25. The summed E-state index contributed by atoms with van der Waals surface area (Å²) in [5, 5.41) is 7.60. The van der Waals surface area contributed by atoms with Crippen LogP contribution in [0.4, 0.5) is 0 Å². The minimum atomic E-state index is 0.891. The van der Waals surface area contributed by atoms with Gasteiger partial charge < -0.3 is 9.13 Å². The molecule has 14 aromatic rings. The number of fused-ring (bicyclic) bond motifs is 6. The van der Waals surface area contributed by atoms with Crippen LogP contribution in [-0.4, -0.2) is 18.7 Å². The summed E-state index contributed by atoms with van der Waals surface area (Å²) in [5.41, 5.74) is 21.3. The van der Waals surface area contributed by atoms with E-state index in [1.54, 1.807) is 0 Å². The van der Waals surface area contributed by atoms with E-state index in [0.717, 1.165) is 63.5 Å². The van der Waals surface area contributed by atoms with E-state index in [2.05, 4.69) is 256 Å². The molecule has 0 saturated carbocycles. The molecular formula is C67H44N4. The molecule has 0 saturated heterocycles. The highest BCUT2D eigenvalue weighted by Crippen LogP contribution is 2.46. The molecule has 71 heavy (non-hydrogen) atoms. The highest BCUT2D eigenvalue weighted by molar-refractivity contribution is 6.16. The molecule has 0 radical (unpaired) electrons. The fourth-order valence-electron chi connectivity index (χ4n) is 11.9. The number of hydrogen-bond donors (Lipinski definition) is 0. The number of para-hydroxylation sites is 2. The van der Waals surface area contributed by atoms with Crippen LogP contribution in [0.2, 0.25) is 0 Å². The SMILES string of the molecule is c1ccc(-c2cc(-c3ccccc3)nc(-n3c4cc(-n5c6ccccc6c6cc(-c7ccccc7)ccc65)cc5c4c4c(cc(-n6c7ccccc7c7cc(-c8ccccc8)ccc76)cc43)CC5)c2)cc1. The summed E-state index contributed by atoms with van der Waals surface area (Å²) in [4.78, 5) is 5.66. The molecule has 10 aromatic carbocycles. The maximum Gasteiger partial charge on any atom is 0.138 e. The van der Waals surface area contributed by atoms with Gasteiger partial charge in [0, 0.05) is 49.3 Å². The van der Waals surface area contributed by atoms with Gasteiger partial charge in [0.15, 0.2) is 0 Å². The molecule has 0 aliphatic heterocycles. The van der Waals surface area contributed by atoms with E-state index in [4.69, 9.17) is 4.98 Å². The average molecular weight is 905 g/mol. The van der Waals surface area contributed by atoms with Gasteiger partial charge in [-0.3, -0.25) is 4.57 Å². The van der Waals surface area contributed by atoms with Crippen molar-refractivity contribution in [1.82, 2.24) is 18.7 Å². The molecule has 4 nitrogen and oxygen atoms in total. The Bertz CT molecular complexity index is 4150. The van der Waals surface area contributed by atoms with E-state index >= 15 is 0 Å². The van der Waals surface area contributed by atoms with Crippen molar-refractivity contribution in [3.05, 3.63) is 254 Å². The number of pyridine rings is 1. The van der Waals surface area contributed by atoms with Gasteiger partial charge in [0.25, 0.3) is 0 Å². The first kappa shape index (κ1) is 39.7. The van der Waals surface area contributed by atoms with E-state index in [9.17, 15) is 0 Å². The summed E-state index contributed by atoms with van der Waals surface area (Å²) in [6.07, 6.45) is 1.85. The number of benzene rings is 10. The second-order valence-electron chi connectivity index (χ2n) is 19.1. The first-order valence-electron chi connectivity index (χ1n) is 24.7. The largest absolute Gasteiger partial charge is 0.309 e. The fourth-order valence-corrected chi connectivity index (χ4v) is 11.9. The van der Waals surface area contributed by atoms with Crippen LogP contribution in [0.25, 0.3) is 127 Å². The van der Waals surface area contributed by atoms with Crippen LogP contribution in [0.3, 0.4) is 0 Å². The molecule has 332 valence electrons. The number of hydrogen-bond acceptors (Lipinski definition) is 1. The Balaban J connectivity index is 1.04. The predicted molar refractivity (Wildman–Crippen MR) is 296 cm³/mol. The Morgan fingerprint density at radius 2 is 0.676 bits per heavy atom. The predicted octanol–water partition coefficient (Wildman–Crippen LogP) is 17.1. The monoisotopic (exact) mass is 904 g/mol. The van der Waals surface area contributed by atoms with Crippen molar-refractivity contribution in [3.63, 3.8) is 0 Å². The lowest BCUT2D eigenvalue weighted by molar-refractivity contribution is 0.962. The van der Waals surface area contributed by atoms with Crippen LogP contribution < -0.4 is 0 Å². The van der Waals surface area contributed by atoms with Crippen LogP contribution in [0, 0.1) is 0 Å². The quantitative estimate of drug-likeness (QED) is 0.157. The molecule has 0 spiro atoms. The molecule has 0 unspecified atom stereocenters.